The van der Waals surface area contributed by atoms with Crippen molar-refractivity contribution in [3.63, 3.8) is 0 Å². The molecule has 0 radical (unpaired) electrons. The van der Waals surface area contributed by atoms with E-state index in [0.29, 0.717) is 12.8 Å². The van der Waals surface area contributed by atoms with E-state index in [-0.39, 0.29) is 11.8 Å². The van der Waals surface area contributed by atoms with Gasteiger partial charge in [-0.15, -0.1) is 0 Å². The van der Waals surface area contributed by atoms with Crippen LogP contribution in [0.25, 0.3) is 0 Å². The second-order valence-electron chi connectivity index (χ2n) is 5.04. The van der Waals surface area contributed by atoms with E-state index in [4.69, 9.17) is 4.74 Å². The number of ether oxygens (including phenoxy) is 1. The van der Waals surface area contributed by atoms with Gasteiger partial charge in [0.15, 0.2) is 0 Å². The van der Waals surface area contributed by atoms with Crippen LogP contribution in [0.15, 0.2) is 28.7 Å². The normalized spacial score (nSPS) is 12.1. The van der Waals surface area contributed by atoms with Crippen molar-refractivity contribution in [1.29, 1.82) is 0 Å². The number of carbonyl (C=O) groups is 2. The molecule has 5 heteroatoms. The van der Waals surface area contributed by atoms with Gasteiger partial charge in [0.05, 0.1) is 7.11 Å². The number of hydrogen-bond acceptors (Lipinski definition) is 3. The van der Waals surface area contributed by atoms with Gasteiger partial charge in [-0.2, -0.15) is 0 Å². The van der Waals surface area contributed by atoms with E-state index in [2.05, 4.69) is 21.2 Å². The number of benzene rings is 1. The minimum absolute atomic E-state index is 0.137. The quantitative estimate of drug-likeness (QED) is 0.809. The van der Waals surface area contributed by atoms with Crippen LogP contribution < -0.4 is 5.32 Å². The molecule has 0 unspecified atom stereocenters. The van der Waals surface area contributed by atoms with Crippen LogP contribution in [-0.4, -0.2) is 25.0 Å². The van der Waals surface area contributed by atoms with Gasteiger partial charge in [0, 0.05) is 17.3 Å². The lowest BCUT2D eigenvalue weighted by Crippen LogP contribution is -2.43. The molecule has 110 valence electrons. The predicted octanol–water partition coefficient (Wildman–Crippen LogP) is 2.70. The van der Waals surface area contributed by atoms with Crippen molar-refractivity contribution < 1.29 is 14.3 Å². The number of methoxy groups -OCH3 is 1. The summed E-state index contributed by atoms with van der Waals surface area (Å²) < 4.78 is 5.67. The Kier molecular flexibility index (Phi) is 6.71. The van der Waals surface area contributed by atoms with Gasteiger partial charge in [0.25, 0.3) is 0 Å². The Hall–Kier alpha value is -1.36. The average Bonchev–Trinajstić information content (AvgIpc) is 2.38. The van der Waals surface area contributed by atoms with Gasteiger partial charge in [0.2, 0.25) is 5.91 Å². The maximum atomic E-state index is 11.8. The highest BCUT2D eigenvalue weighted by atomic mass is 79.9. The molecule has 1 N–H and O–H groups in total. The lowest BCUT2D eigenvalue weighted by molar-refractivity contribution is -0.145. The fourth-order valence-electron chi connectivity index (χ4n) is 1.84. The highest BCUT2D eigenvalue weighted by molar-refractivity contribution is 9.10. The van der Waals surface area contributed by atoms with Gasteiger partial charge in [-0.1, -0.05) is 48.0 Å². The topological polar surface area (TPSA) is 55.4 Å². The molecule has 1 aromatic carbocycles. The van der Waals surface area contributed by atoms with Crippen LogP contribution >= 0.6 is 15.9 Å². The van der Waals surface area contributed by atoms with E-state index in [1.54, 1.807) is 0 Å². The summed E-state index contributed by atoms with van der Waals surface area (Å²) >= 11 is 3.44. The lowest BCUT2D eigenvalue weighted by atomic mass is 10.0. The van der Waals surface area contributed by atoms with Crippen LogP contribution in [0.4, 0.5) is 0 Å². The van der Waals surface area contributed by atoms with Crippen molar-refractivity contribution in [2.45, 2.75) is 32.7 Å². The summed E-state index contributed by atoms with van der Waals surface area (Å²) in [6.07, 6.45) is 0.793. The Bertz CT molecular complexity index is 474. The number of esters is 1. The zero-order valence-corrected chi connectivity index (χ0v) is 13.6. The molecule has 1 rings (SSSR count). The molecule has 0 aliphatic rings. The molecule has 1 amide bonds. The molecule has 1 aromatic rings. The monoisotopic (exact) mass is 341 g/mol. The van der Waals surface area contributed by atoms with Gasteiger partial charge >= 0.3 is 5.97 Å². The van der Waals surface area contributed by atoms with E-state index in [1.165, 1.54) is 7.11 Å². The summed E-state index contributed by atoms with van der Waals surface area (Å²) in [6.45, 7) is 3.92. The molecule has 20 heavy (non-hydrogen) atoms. The molecule has 0 aliphatic heterocycles. The Labute approximate surface area is 128 Å². The van der Waals surface area contributed by atoms with Crippen molar-refractivity contribution >= 4 is 27.8 Å². The van der Waals surface area contributed by atoms with E-state index in [1.807, 2.05) is 38.1 Å². The van der Waals surface area contributed by atoms with Crippen LogP contribution in [0, 0.1) is 5.92 Å². The third-order valence-electron chi connectivity index (χ3n) is 2.80. The first-order valence-electron chi connectivity index (χ1n) is 6.54. The lowest BCUT2D eigenvalue weighted by Gasteiger charge is -2.18. The van der Waals surface area contributed by atoms with Gasteiger partial charge < -0.3 is 10.1 Å². The number of halogens is 1. The fraction of sp³-hybridized carbons (Fsp3) is 0.467. The molecular formula is C15H20BrNO3. The summed E-state index contributed by atoms with van der Waals surface area (Å²) in [4.78, 5) is 23.6. The molecule has 0 spiro atoms. The summed E-state index contributed by atoms with van der Waals surface area (Å²) in [5.41, 5.74) is 0.952. The van der Waals surface area contributed by atoms with Crippen LogP contribution in [0.3, 0.4) is 0 Å². The number of nitrogens with one attached hydrogen (secondary N) is 1. The second-order valence-corrected chi connectivity index (χ2v) is 5.89. The number of carbonyl (C=O) groups excluding carboxylic acids is 2. The van der Waals surface area contributed by atoms with Crippen molar-refractivity contribution in [2.24, 2.45) is 5.92 Å². The zero-order valence-electron chi connectivity index (χ0n) is 12.0. The molecule has 0 heterocycles. The minimum atomic E-state index is -0.662. The summed E-state index contributed by atoms with van der Waals surface area (Å²) in [7, 11) is 1.32. The smallest absolute Gasteiger partial charge is 0.328 e. The second kappa shape index (κ2) is 8.04. The first kappa shape index (κ1) is 16.7. The summed E-state index contributed by atoms with van der Waals surface area (Å²) in [5.74, 6) is -0.322. The number of amides is 1. The van der Waals surface area contributed by atoms with Crippen LogP contribution in [-0.2, 0) is 20.7 Å². The maximum Gasteiger partial charge on any atom is 0.328 e. The zero-order chi connectivity index (χ0) is 15.1. The third kappa shape index (κ3) is 5.33. The maximum absolute atomic E-state index is 11.8. The van der Waals surface area contributed by atoms with Crippen molar-refractivity contribution in [3.05, 3.63) is 34.3 Å². The molecule has 0 aliphatic carbocycles. The Morgan fingerprint density at radius 3 is 2.50 bits per heavy atom. The van der Waals surface area contributed by atoms with E-state index in [0.717, 1.165) is 10.0 Å². The number of rotatable bonds is 6. The summed E-state index contributed by atoms with van der Waals surface area (Å²) in [5, 5.41) is 2.74. The van der Waals surface area contributed by atoms with Crippen LogP contribution in [0.5, 0.6) is 0 Å². The molecule has 1 atom stereocenters. The molecule has 0 fully saturated rings. The SMILES string of the molecule is COC(=O)[C@@H](Cc1ccccc1Br)NC(=O)CC(C)C. The van der Waals surface area contributed by atoms with E-state index in [9.17, 15) is 9.59 Å². The largest absolute Gasteiger partial charge is 0.467 e. The molecule has 0 bridgehead atoms. The first-order chi connectivity index (χ1) is 9.43. The van der Waals surface area contributed by atoms with Crippen molar-refractivity contribution in [3.8, 4) is 0 Å². The minimum Gasteiger partial charge on any atom is -0.467 e. The summed E-state index contributed by atoms with van der Waals surface area (Å²) in [6, 6.07) is 6.95. The first-order valence-corrected chi connectivity index (χ1v) is 7.34. The average molecular weight is 342 g/mol. The van der Waals surface area contributed by atoms with Gasteiger partial charge in [-0.05, 0) is 17.5 Å². The Morgan fingerprint density at radius 2 is 1.95 bits per heavy atom. The predicted molar refractivity (Wildman–Crippen MR) is 81.2 cm³/mol. The third-order valence-corrected chi connectivity index (χ3v) is 3.57. The highest BCUT2D eigenvalue weighted by Crippen LogP contribution is 2.18. The van der Waals surface area contributed by atoms with Gasteiger partial charge in [0.1, 0.15) is 6.04 Å². The van der Waals surface area contributed by atoms with Gasteiger partial charge in [-0.25, -0.2) is 4.79 Å². The van der Waals surface area contributed by atoms with Crippen LogP contribution in [0.2, 0.25) is 0 Å². The number of hydrogen-bond donors (Lipinski definition) is 1. The van der Waals surface area contributed by atoms with E-state index >= 15 is 0 Å². The Balaban J connectivity index is 2.78. The highest BCUT2D eigenvalue weighted by Gasteiger charge is 2.22. The van der Waals surface area contributed by atoms with E-state index < -0.39 is 12.0 Å². The molecule has 0 saturated carbocycles. The molecule has 0 saturated heterocycles. The Morgan fingerprint density at radius 1 is 1.30 bits per heavy atom. The van der Waals surface area contributed by atoms with Crippen LogP contribution in [0.1, 0.15) is 25.8 Å². The molecule has 4 nitrogen and oxygen atoms in total. The standard InChI is InChI=1S/C15H20BrNO3/c1-10(2)8-14(18)17-13(15(19)20-3)9-11-6-4-5-7-12(11)16/h4-7,10,13H,8-9H2,1-3H3,(H,17,18)/t13-/m1/s1. The fourth-order valence-corrected chi connectivity index (χ4v) is 2.29. The molecular weight excluding hydrogens is 322 g/mol. The van der Waals surface area contributed by atoms with Crippen molar-refractivity contribution in [2.75, 3.05) is 7.11 Å². The molecule has 0 aromatic heterocycles. The van der Waals surface area contributed by atoms with Crippen molar-refractivity contribution in [1.82, 2.24) is 5.32 Å². The van der Waals surface area contributed by atoms with Gasteiger partial charge in [-0.3, -0.25) is 4.79 Å².